The zero-order valence-corrected chi connectivity index (χ0v) is 13.0. The minimum Gasteiger partial charge on any atom is -0.479 e. The Labute approximate surface area is 144 Å². The highest BCUT2D eigenvalue weighted by atomic mass is 16.6. The molecular weight excluding hydrogens is 354 g/mol. The number of rotatable bonds is 6. The fraction of sp³-hybridized carbons (Fsp3) is 0.462. The standard InChI is InChI=1S/C13H15N5O8/c14-9-5-10(16-2-15-9)18(3-17-5)11-7(20)6(19)4(26-11)1-25-8(12(21)22)13(23)24/h2-4,6-8,11,19-20H,1H2,(H,21,22)(H,23,24)(H2,14,15,16)/t4-,6+,7-,11-/m1/s1. The molecule has 1 aliphatic heterocycles. The lowest BCUT2D eigenvalue weighted by Gasteiger charge is -2.17. The maximum absolute atomic E-state index is 10.8. The van der Waals surface area contributed by atoms with Crippen LogP contribution in [0.5, 0.6) is 0 Å². The number of aliphatic carboxylic acids is 2. The van der Waals surface area contributed by atoms with Crippen LogP contribution < -0.4 is 5.73 Å². The summed E-state index contributed by atoms with van der Waals surface area (Å²) in [6.45, 7) is -0.568. The van der Waals surface area contributed by atoms with E-state index in [2.05, 4.69) is 15.0 Å². The third-order valence-electron chi connectivity index (χ3n) is 3.87. The molecule has 2 aromatic heterocycles. The minimum atomic E-state index is -2.12. The van der Waals surface area contributed by atoms with Gasteiger partial charge in [0.25, 0.3) is 6.10 Å². The fourth-order valence-corrected chi connectivity index (χ4v) is 2.59. The maximum atomic E-state index is 10.8. The van der Waals surface area contributed by atoms with Crippen LogP contribution in [0.15, 0.2) is 12.7 Å². The summed E-state index contributed by atoms with van der Waals surface area (Å²) in [4.78, 5) is 33.5. The Bertz CT molecular complexity index is 827. The Morgan fingerprint density at radius 2 is 1.92 bits per heavy atom. The number of nitrogens with zero attached hydrogens (tertiary/aromatic N) is 4. The number of aromatic nitrogens is 4. The van der Waals surface area contributed by atoms with Crippen molar-refractivity contribution in [1.29, 1.82) is 0 Å². The van der Waals surface area contributed by atoms with Crippen LogP contribution in [0.25, 0.3) is 11.2 Å². The first-order valence-electron chi connectivity index (χ1n) is 7.33. The Hall–Kier alpha value is -2.87. The van der Waals surface area contributed by atoms with Crippen molar-refractivity contribution in [2.45, 2.75) is 30.6 Å². The summed E-state index contributed by atoms with van der Waals surface area (Å²) in [5.74, 6) is -3.28. The van der Waals surface area contributed by atoms with Crippen molar-refractivity contribution in [1.82, 2.24) is 19.5 Å². The van der Waals surface area contributed by atoms with E-state index in [0.717, 1.165) is 0 Å². The van der Waals surface area contributed by atoms with Gasteiger partial charge in [0.1, 0.15) is 30.2 Å². The summed E-state index contributed by atoms with van der Waals surface area (Å²) in [7, 11) is 0. The molecule has 6 N–H and O–H groups in total. The second-order valence-corrected chi connectivity index (χ2v) is 5.52. The predicted molar refractivity (Wildman–Crippen MR) is 80.7 cm³/mol. The second-order valence-electron chi connectivity index (χ2n) is 5.52. The third-order valence-corrected chi connectivity index (χ3v) is 3.87. The smallest absolute Gasteiger partial charge is 0.344 e. The number of hydrogen-bond acceptors (Lipinski definition) is 10. The zero-order valence-electron chi connectivity index (χ0n) is 13.0. The van der Waals surface area contributed by atoms with E-state index in [9.17, 15) is 19.8 Å². The lowest BCUT2D eigenvalue weighted by atomic mass is 10.1. The Morgan fingerprint density at radius 1 is 1.23 bits per heavy atom. The molecule has 3 rings (SSSR count). The van der Waals surface area contributed by atoms with Crippen LogP contribution in [0.4, 0.5) is 5.82 Å². The van der Waals surface area contributed by atoms with Gasteiger partial charge in [-0.05, 0) is 0 Å². The predicted octanol–water partition coefficient (Wildman–Crippen LogP) is -2.42. The van der Waals surface area contributed by atoms with E-state index in [-0.39, 0.29) is 17.0 Å². The number of imidazole rings is 1. The van der Waals surface area contributed by atoms with Crippen LogP contribution in [-0.2, 0) is 19.1 Å². The molecule has 2 aromatic rings. The van der Waals surface area contributed by atoms with Crippen LogP contribution in [0, 0.1) is 0 Å². The molecule has 1 saturated heterocycles. The average molecular weight is 369 g/mol. The molecule has 0 amide bonds. The number of anilines is 1. The Morgan fingerprint density at radius 3 is 2.58 bits per heavy atom. The first kappa shape index (κ1) is 17.9. The number of nitrogens with two attached hydrogens (primary N) is 1. The Balaban J connectivity index is 1.78. The molecular formula is C13H15N5O8. The highest BCUT2D eigenvalue weighted by Crippen LogP contribution is 2.32. The SMILES string of the molecule is Nc1ncnc2c1ncn2[C@@H]1O[C@H](COC(C(=O)O)C(=O)O)[C@H](O)[C@H]1O. The quantitative estimate of drug-likeness (QED) is 0.338. The zero-order chi connectivity index (χ0) is 19.0. The minimum absolute atomic E-state index is 0.118. The van der Waals surface area contributed by atoms with E-state index in [1.165, 1.54) is 17.2 Å². The van der Waals surface area contributed by atoms with Crippen LogP contribution in [0.2, 0.25) is 0 Å². The largest absolute Gasteiger partial charge is 0.479 e. The molecule has 0 radical (unpaired) electrons. The summed E-state index contributed by atoms with van der Waals surface area (Å²) >= 11 is 0. The number of ether oxygens (including phenoxy) is 2. The third kappa shape index (κ3) is 3.03. The lowest BCUT2D eigenvalue weighted by molar-refractivity contribution is -0.170. The van der Waals surface area contributed by atoms with E-state index >= 15 is 0 Å². The number of fused-ring (bicyclic) bond motifs is 1. The van der Waals surface area contributed by atoms with Gasteiger partial charge in [-0.25, -0.2) is 24.5 Å². The van der Waals surface area contributed by atoms with Crippen LogP contribution in [0.3, 0.4) is 0 Å². The molecule has 0 aromatic carbocycles. The first-order valence-corrected chi connectivity index (χ1v) is 7.33. The topological polar surface area (TPSA) is 203 Å². The van der Waals surface area contributed by atoms with Crippen molar-refractivity contribution in [2.24, 2.45) is 0 Å². The first-order chi connectivity index (χ1) is 12.3. The second kappa shape index (κ2) is 6.80. The van der Waals surface area contributed by atoms with Gasteiger partial charge in [-0.15, -0.1) is 0 Å². The van der Waals surface area contributed by atoms with Gasteiger partial charge in [0, 0.05) is 0 Å². The van der Waals surface area contributed by atoms with Gasteiger partial charge in [-0.2, -0.15) is 0 Å². The van der Waals surface area contributed by atoms with Crippen molar-refractivity contribution >= 4 is 28.9 Å². The number of nitrogen functional groups attached to an aromatic ring is 1. The highest BCUT2D eigenvalue weighted by Gasteiger charge is 2.45. The van der Waals surface area contributed by atoms with Gasteiger partial charge in [-0.1, -0.05) is 0 Å². The molecule has 0 bridgehead atoms. The number of carbonyl (C=O) groups is 2. The molecule has 0 unspecified atom stereocenters. The molecule has 0 aliphatic carbocycles. The van der Waals surface area contributed by atoms with Crippen molar-refractivity contribution < 1.29 is 39.5 Å². The van der Waals surface area contributed by atoms with E-state index in [1.807, 2.05) is 0 Å². The summed E-state index contributed by atoms with van der Waals surface area (Å²) in [6.07, 6.45) is -4.82. The van der Waals surface area contributed by atoms with Crippen LogP contribution in [0.1, 0.15) is 6.23 Å². The number of aliphatic hydroxyl groups excluding tert-OH is 2. The molecule has 0 spiro atoms. The van der Waals surface area contributed by atoms with Crippen LogP contribution >= 0.6 is 0 Å². The van der Waals surface area contributed by atoms with E-state index in [1.54, 1.807) is 0 Å². The van der Waals surface area contributed by atoms with Crippen molar-refractivity contribution in [3.8, 4) is 0 Å². The highest BCUT2D eigenvalue weighted by molar-refractivity contribution is 5.96. The van der Waals surface area contributed by atoms with Crippen molar-refractivity contribution in [2.75, 3.05) is 12.3 Å². The molecule has 3 heterocycles. The van der Waals surface area contributed by atoms with Crippen molar-refractivity contribution in [3.05, 3.63) is 12.7 Å². The number of carboxylic acid groups (broad SMARTS) is 2. The number of aliphatic hydroxyl groups is 2. The Kier molecular flexibility index (Phi) is 4.69. The molecule has 0 saturated carbocycles. The van der Waals surface area contributed by atoms with Gasteiger partial charge in [-0.3, -0.25) is 4.57 Å². The van der Waals surface area contributed by atoms with Gasteiger partial charge < -0.3 is 35.6 Å². The summed E-state index contributed by atoms with van der Waals surface area (Å²) in [5, 5.41) is 37.9. The molecule has 13 nitrogen and oxygen atoms in total. The van der Waals surface area contributed by atoms with Crippen molar-refractivity contribution in [3.63, 3.8) is 0 Å². The summed E-state index contributed by atoms with van der Waals surface area (Å²) in [5.41, 5.74) is 6.21. The fourth-order valence-electron chi connectivity index (χ4n) is 2.59. The molecule has 140 valence electrons. The lowest BCUT2D eigenvalue weighted by Crippen LogP contribution is -2.39. The summed E-state index contributed by atoms with van der Waals surface area (Å²) < 4.78 is 11.6. The molecule has 13 heteroatoms. The van der Waals surface area contributed by atoms with Gasteiger partial charge in [0.05, 0.1) is 12.9 Å². The average Bonchev–Trinajstić information content (AvgIpc) is 3.11. The maximum Gasteiger partial charge on any atom is 0.344 e. The summed E-state index contributed by atoms with van der Waals surface area (Å²) in [6, 6.07) is 0. The number of hydrogen-bond donors (Lipinski definition) is 5. The molecule has 26 heavy (non-hydrogen) atoms. The van der Waals surface area contributed by atoms with E-state index in [0.29, 0.717) is 0 Å². The molecule has 1 aliphatic rings. The van der Waals surface area contributed by atoms with Crippen LogP contribution in [-0.4, -0.2) is 82.9 Å². The van der Waals surface area contributed by atoms with Gasteiger partial charge >= 0.3 is 11.9 Å². The monoisotopic (exact) mass is 369 g/mol. The normalized spacial score (nSPS) is 25.8. The van der Waals surface area contributed by atoms with Gasteiger partial charge in [0.2, 0.25) is 0 Å². The van der Waals surface area contributed by atoms with E-state index < -0.39 is 49.2 Å². The molecule has 1 fully saturated rings. The van der Waals surface area contributed by atoms with E-state index in [4.69, 9.17) is 25.4 Å². The number of carboxylic acids is 2. The molecule has 4 atom stereocenters. The van der Waals surface area contributed by atoms with Gasteiger partial charge in [0.15, 0.2) is 17.7 Å².